The molecule has 0 atom stereocenters. The number of hydrogen-bond donors (Lipinski definition) is 2. The zero-order valence-corrected chi connectivity index (χ0v) is 16.9. The molecule has 26 heavy (non-hydrogen) atoms. The summed E-state index contributed by atoms with van der Waals surface area (Å²) in [6.45, 7) is 11.3. The van der Waals surface area contributed by atoms with Crippen LogP contribution >= 0.6 is 0 Å². The summed E-state index contributed by atoms with van der Waals surface area (Å²) in [7, 11) is -3.74. The van der Waals surface area contributed by atoms with Gasteiger partial charge >= 0.3 is 0 Å². The van der Waals surface area contributed by atoms with Crippen LogP contribution in [0.4, 0.5) is 11.4 Å². The molecule has 2 rings (SSSR count). The standard InChI is InChI=1S/C20H26N2O3S/c1-13-10-16(20(4,5)6)11-14(2)19(13)26(24,25)22-18-9-7-8-17(12-18)21-15(3)23/h7-12,22H,1-6H3,(H,21,23). The van der Waals surface area contributed by atoms with E-state index in [2.05, 4.69) is 30.8 Å². The molecule has 6 heteroatoms. The number of aryl methyl sites for hydroxylation is 2. The number of carbonyl (C=O) groups is 1. The lowest BCUT2D eigenvalue weighted by molar-refractivity contribution is -0.114. The van der Waals surface area contributed by atoms with E-state index in [0.29, 0.717) is 22.5 Å². The zero-order valence-electron chi connectivity index (χ0n) is 16.1. The Bertz CT molecular complexity index is 919. The van der Waals surface area contributed by atoms with Crippen molar-refractivity contribution in [2.75, 3.05) is 10.0 Å². The second-order valence-electron chi connectivity index (χ2n) is 7.56. The van der Waals surface area contributed by atoms with E-state index < -0.39 is 10.0 Å². The fraction of sp³-hybridized carbons (Fsp3) is 0.350. The Labute approximate surface area is 155 Å². The van der Waals surface area contributed by atoms with Gasteiger partial charge in [-0.1, -0.05) is 39.0 Å². The number of anilines is 2. The molecular weight excluding hydrogens is 348 g/mol. The van der Waals surface area contributed by atoms with Crippen LogP contribution in [0.5, 0.6) is 0 Å². The van der Waals surface area contributed by atoms with E-state index >= 15 is 0 Å². The summed E-state index contributed by atoms with van der Waals surface area (Å²) in [4.78, 5) is 11.5. The lowest BCUT2D eigenvalue weighted by Gasteiger charge is -2.22. The third-order valence-corrected chi connectivity index (χ3v) is 5.72. The van der Waals surface area contributed by atoms with E-state index in [4.69, 9.17) is 0 Å². The highest BCUT2D eigenvalue weighted by Gasteiger charge is 2.23. The Morgan fingerprint density at radius 2 is 1.50 bits per heavy atom. The van der Waals surface area contributed by atoms with Crippen LogP contribution in [0.2, 0.25) is 0 Å². The third-order valence-electron chi connectivity index (χ3n) is 4.03. The second kappa shape index (κ2) is 7.11. The van der Waals surface area contributed by atoms with E-state index in [-0.39, 0.29) is 16.2 Å². The fourth-order valence-corrected chi connectivity index (χ4v) is 4.38. The van der Waals surface area contributed by atoms with Gasteiger partial charge in [0.15, 0.2) is 0 Å². The van der Waals surface area contributed by atoms with E-state index in [1.807, 2.05) is 26.0 Å². The number of sulfonamides is 1. The highest BCUT2D eigenvalue weighted by Crippen LogP contribution is 2.30. The molecular formula is C20H26N2O3S. The van der Waals surface area contributed by atoms with Crippen molar-refractivity contribution in [2.45, 2.75) is 51.9 Å². The zero-order chi connectivity index (χ0) is 19.7. The van der Waals surface area contributed by atoms with Gasteiger partial charge in [0.25, 0.3) is 10.0 Å². The fourth-order valence-electron chi connectivity index (χ4n) is 2.88. The summed E-state index contributed by atoms with van der Waals surface area (Å²) < 4.78 is 28.5. The first-order valence-electron chi connectivity index (χ1n) is 8.42. The molecule has 1 amide bonds. The van der Waals surface area contributed by atoms with Crippen molar-refractivity contribution in [3.63, 3.8) is 0 Å². The number of benzene rings is 2. The maximum Gasteiger partial charge on any atom is 0.262 e. The minimum atomic E-state index is -3.74. The van der Waals surface area contributed by atoms with Gasteiger partial charge in [-0.15, -0.1) is 0 Å². The number of nitrogens with one attached hydrogen (secondary N) is 2. The van der Waals surface area contributed by atoms with Gasteiger partial charge in [0.2, 0.25) is 5.91 Å². The Morgan fingerprint density at radius 1 is 0.962 bits per heavy atom. The van der Waals surface area contributed by atoms with Crippen LogP contribution in [0.25, 0.3) is 0 Å². The first-order chi connectivity index (χ1) is 11.9. The molecule has 0 aliphatic carbocycles. The van der Waals surface area contributed by atoms with Gasteiger partial charge in [0.05, 0.1) is 10.6 Å². The van der Waals surface area contributed by atoms with Gasteiger partial charge in [-0.05, 0) is 54.2 Å². The summed E-state index contributed by atoms with van der Waals surface area (Å²) in [5.74, 6) is -0.213. The van der Waals surface area contributed by atoms with Gasteiger partial charge in [-0.3, -0.25) is 9.52 Å². The van der Waals surface area contributed by atoms with Crippen molar-refractivity contribution in [1.29, 1.82) is 0 Å². The second-order valence-corrected chi connectivity index (χ2v) is 9.18. The van der Waals surface area contributed by atoms with Crippen molar-refractivity contribution in [2.24, 2.45) is 0 Å². The normalized spacial score (nSPS) is 11.9. The molecule has 0 spiro atoms. The Morgan fingerprint density at radius 3 is 2.00 bits per heavy atom. The highest BCUT2D eigenvalue weighted by atomic mass is 32.2. The number of amides is 1. The predicted molar refractivity (Wildman–Crippen MR) is 106 cm³/mol. The molecule has 0 saturated carbocycles. The van der Waals surface area contributed by atoms with Gasteiger partial charge in [-0.25, -0.2) is 8.42 Å². The molecule has 0 aromatic heterocycles. The molecule has 0 aliphatic heterocycles. The summed E-state index contributed by atoms with van der Waals surface area (Å²) in [5, 5.41) is 2.64. The molecule has 140 valence electrons. The van der Waals surface area contributed by atoms with Crippen LogP contribution in [-0.2, 0) is 20.2 Å². The summed E-state index contributed by atoms with van der Waals surface area (Å²) in [6.07, 6.45) is 0. The van der Waals surface area contributed by atoms with Crippen LogP contribution in [-0.4, -0.2) is 14.3 Å². The molecule has 2 N–H and O–H groups in total. The van der Waals surface area contributed by atoms with Gasteiger partial charge in [-0.2, -0.15) is 0 Å². The Balaban J connectivity index is 2.41. The van der Waals surface area contributed by atoms with E-state index in [9.17, 15) is 13.2 Å². The summed E-state index contributed by atoms with van der Waals surface area (Å²) in [5.41, 5.74) is 3.39. The van der Waals surface area contributed by atoms with Crippen molar-refractivity contribution < 1.29 is 13.2 Å². The molecule has 2 aromatic rings. The van der Waals surface area contributed by atoms with Crippen molar-refractivity contribution in [1.82, 2.24) is 0 Å². The minimum absolute atomic E-state index is 0.0576. The molecule has 2 aromatic carbocycles. The molecule has 0 fully saturated rings. The SMILES string of the molecule is CC(=O)Nc1cccc(NS(=O)(=O)c2c(C)cc(C(C)(C)C)cc2C)c1. The van der Waals surface area contributed by atoms with Gasteiger partial charge in [0, 0.05) is 12.6 Å². The Hall–Kier alpha value is -2.34. The van der Waals surface area contributed by atoms with Crippen molar-refractivity contribution in [3.05, 3.63) is 53.1 Å². The van der Waals surface area contributed by atoms with Crippen LogP contribution in [0.1, 0.15) is 44.4 Å². The van der Waals surface area contributed by atoms with Gasteiger partial charge in [0.1, 0.15) is 0 Å². The lowest BCUT2D eigenvalue weighted by Crippen LogP contribution is -2.18. The molecule has 0 unspecified atom stereocenters. The average molecular weight is 375 g/mol. The number of hydrogen-bond acceptors (Lipinski definition) is 3. The highest BCUT2D eigenvalue weighted by molar-refractivity contribution is 7.92. The maximum atomic E-state index is 12.9. The van der Waals surface area contributed by atoms with Crippen molar-refractivity contribution in [3.8, 4) is 0 Å². The van der Waals surface area contributed by atoms with Crippen LogP contribution in [0.15, 0.2) is 41.3 Å². The number of carbonyl (C=O) groups excluding carboxylic acids is 1. The molecule has 0 saturated heterocycles. The molecule has 5 nitrogen and oxygen atoms in total. The van der Waals surface area contributed by atoms with Crippen LogP contribution in [0.3, 0.4) is 0 Å². The van der Waals surface area contributed by atoms with Crippen LogP contribution in [0, 0.1) is 13.8 Å². The lowest BCUT2D eigenvalue weighted by atomic mass is 9.85. The Kier molecular flexibility index (Phi) is 5.47. The van der Waals surface area contributed by atoms with E-state index in [1.54, 1.807) is 24.3 Å². The third kappa shape index (κ3) is 4.64. The molecule has 0 radical (unpaired) electrons. The molecule has 0 aliphatic rings. The quantitative estimate of drug-likeness (QED) is 0.835. The largest absolute Gasteiger partial charge is 0.326 e. The summed E-state index contributed by atoms with van der Waals surface area (Å²) >= 11 is 0. The maximum absolute atomic E-state index is 12.9. The van der Waals surface area contributed by atoms with Crippen molar-refractivity contribution >= 4 is 27.3 Å². The van der Waals surface area contributed by atoms with E-state index in [1.165, 1.54) is 6.92 Å². The van der Waals surface area contributed by atoms with E-state index in [0.717, 1.165) is 5.56 Å². The first-order valence-corrected chi connectivity index (χ1v) is 9.90. The predicted octanol–water partition coefficient (Wildman–Crippen LogP) is 4.36. The monoisotopic (exact) mass is 374 g/mol. The van der Waals surface area contributed by atoms with Crippen LogP contribution < -0.4 is 10.0 Å². The minimum Gasteiger partial charge on any atom is -0.326 e. The topological polar surface area (TPSA) is 75.3 Å². The summed E-state index contributed by atoms with van der Waals surface area (Å²) in [6, 6.07) is 10.5. The molecule has 0 bridgehead atoms. The molecule has 0 heterocycles. The smallest absolute Gasteiger partial charge is 0.262 e. The number of rotatable bonds is 4. The first kappa shape index (κ1) is 20.0. The average Bonchev–Trinajstić information content (AvgIpc) is 2.44. The van der Waals surface area contributed by atoms with Gasteiger partial charge < -0.3 is 5.32 Å².